The Hall–Kier alpha value is -2.08. The molecule has 2 rings (SSSR count). The van der Waals surface area contributed by atoms with E-state index in [0.717, 1.165) is 5.56 Å². The van der Waals surface area contributed by atoms with Gasteiger partial charge in [-0.05, 0) is 26.3 Å². The topological polar surface area (TPSA) is 59.1 Å². The monoisotopic (exact) mass is 334 g/mol. The molecule has 6 heteroatoms. The number of ether oxygens (including phenoxy) is 2. The van der Waals surface area contributed by atoms with Gasteiger partial charge >= 0.3 is 6.09 Å². The van der Waals surface area contributed by atoms with E-state index in [1.165, 1.54) is 4.90 Å². The summed E-state index contributed by atoms with van der Waals surface area (Å²) in [5.41, 5.74) is 0.474. The number of likely N-dealkylation sites (N-methyl/N-ethyl adjacent to an activating group) is 1. The highest BCUT2D eigenvalue weighted by Gasteiger charge is 2.27. The molecule has 0 aromatic heterocycles. The van der Waals surface area contributed by atoms with Gasteiger partial charge in [-0.2, -0.15) is 0 Å². The third-order valence-corrected chi connectivity index (χ3v) is 3.67. The van der Waals surface area contributed by atoms with Gasteiger partial charge in [-0.3, -0.25) is 4.79 Å². The van der Waals surface area contributed by atoms with Crippen molar-refractivity contribution in [3.05, 3.63) is 35.9 Å². The van der Waals surface area contributed by atoms with Crippen molar-refractivity contribution in [3.8, 4) is 0 Å². The van der Waals surface area contributed by atoms with Crippen LogP contribution in [0.2, 0.25) is 0 Å². The average molecular weight is 334 g/mol. The fourth-order valence-electron chi connectivity index (χ4n) is 2.45. The lowest BCUT2D eigenvalue weighted by molar-refractivity contribution is -0.139. The van der Waals surface area contributed by atoms with Crippen LogP contribution < -0.4 is 0 Å². The number of benzene rings is 1. The Balaban J connectivity index is 1.91. The zero-order chi connectivity index (χ0) is 17.7. The van der Waals surface area contributed by atoms with Gasteiger partial charge in [0.25, 0.3) is 0 Å². The maximum atomic E-state index is 12.5. The summed E-state index contributed by atoms with van der Waals surface area (Å²) in [7, 11) is 1.57. The minimum atomic E-state index is -0.578. The second kappa shape index (κ2) is 7.66. The Morgan fingerprint density at radius 3 is 2.58 bits per heavy atom. The Bertz CT molecular complexity index is 568. The average Bonchev–Trinajstić information content (AvgIpc) is 2.54. The molecule has 1 saturated heterocycles. The van der Waals surface area contributed by atoms with Crippen molar-refractivity contribution < 1.29 is 19.1 Å². The fourth-order valence-corrected chi connectivity index (χ4v) is 2.45. The number of carbonyl (C=O) groups is 2. The molecule has 1 aliphatic heterocycles. The zero-order valence-electron chi connectivity index (χ0n) is 14.8. The third kappa shape index (κ3) is 5.23. The highest BCUT2D eigenvalue weighted by Crippen LogP contribution is 2.22. The van der Waals surface area contributed by atoms with Crippen LogP contribution in [0.5, 0.6) is 0 Å². The summed E-state index contributed by atoms with van der Waals surface area (Å²) in [6, 6.07) is 9.84. The van der Waals surface area contributed by atoms with Crippen molar-refractivity contribution >= 4 is 12.0 Å². The first kappa shape index (κ1) is 18.3. The highest BCUT2D eigenvalue weighted by molar-refractivity contribution is 5.82. The van der Waals surface area contributed by atoms with E-state index in [-0.39, 0.29) is 18.6 Å². The van der Waals surface area contributed by atoms with Crippen LogP contribution in [-0.4, -0.2) is 60.7 Å². The van der Waals surface area contributed by atoms with E-state index in [1.54, 1.807) is 32.7 Å². The summed E-state index contributed by atoms with van der Waals surface area (Å²) in [5, 5.41) is 0. The van der Waals surface area contributed by atoms with E-state index in [9.17, 15) is 9.59 Å². The van der Waals surface area contributed by atoms with Crippen LogP contribution in [0.3, 0.4) is 0 Å². The van der Waals surface area contributed by atoms with Crippen molar-refractivity contribution in [3.63, 3.8) is 0 Å². The van der Waals surface area contributed by atoms with Gasteiger partial charge in [0.2, 0.25) is 5.91 Å². The SMILES string of the molecule is CN(CC(=O)N1CCOC(c2ccccc2)C1)C(=O)OC(C)(C)C. The molecule has 1 fully saturated rings. The summed E-state index contributed by atoms with van der Waals surface area (Å²) in [4.78, 5) is 27.5. The quantitative estimate of drug-likeness (QED) is 0.852. The molecule has 0 spiro atoms. The van der Waals surface area contributed by atoms with E-state index < -0.39 is 11.7 Å². The lowest BCUT2D eigenvalue weighted by Crippen LogP contribution is -2.47. The van der Waals surface area contributed by atoms with Crippen LogP contribution >= 0.6 is 0 Å². The second-order valence-corrected chi connectivity index (χ2v) is 6.95. The first-order valence-electron chi connectivity index (χ1n) is 8.15. The van der Waals surface area contributed by atoms with Crippen LogP contribution in [0, 0.1) is 0 Å². The molecule has 132 valence electrons. The van der Waals surface area contributed by atoms with Gasteiger partial charge in [-0.1, -0.05) is 30.3 Å². The largest absolute Gasteiger partial charge is 0.444 e. The van der Waals surface area contributed by atoms with Crippen molar-refractivity contribution in [1.29, 1.82) is 0 Å². The van der Waals surface area contributed by atoms with E-state index in [1.807, 2.05) is 30.3 Å². The van der Waals surface area contributed by atoms with Crippen LogP contribution in [-0.2, 0) is 14.3 Å². The minimum Gasteiger partial charge on any atom is -0.444 e. The smallest absolute Gasteiger partial charge is 0.410 e. The number of amides is 2. The molecule has 1 aliphatic rings. The number of hydrogen-bond acceptors (Lipinski definition) is 4. The summed E-state index contributed by atoms with van der Waals surface area (Å²) in [6.07, 6.45) is -0.626. The maximum absolute atomic E-state index is 12.5. The summed E-state index contributed by atoms with van der Waals surface area (Å²) in [5.74, 6) is -0.104. The molecule has 1 aromatic rings. The summed E-state index contributed by atoms with van der Waals surface area (Å²) >= 11 is 0. The normalized spacial score (nSPS) is 18.2. The zero-order valence-corrected chi connectivity index (χ0v) is 14.8. The van der Waals surface area contributed by atoms with Crippen LogP contribution in [0.1, 0.15) is 32.4 Å². The van der Waals surface area contributed by atoms with Gasteiger partial charge < -0.3 is 19.3 Å². The van der Waals surface area contributed by atoms with Gasteiger partial charge in [0, 0.05) is 13.6 Å². The first-order valence-corrected chi connectivity index (χ1v) is 8.15. The molecule has 1 atom stereocenters. The molecule has 1 unspecified atom stereocenters. The Morgan fingerprint density at radius 2 is 1.96 bits per heavy atom. The van der Waals surface area contributed by atoms with Crippen molar-refractivity contribution in [2.24, 2.45) is 0 Å². The number of hydrogen-bond donors (Lipinski definition) is 0. The Labute approximate surface area is 143 Å². The molecule has 0 bridgehead atoms. The molecule has 0 N–H and O–H groups in total. The van der Waals surface area contributed by atoms with Gasteiger partial charge in [0.1, 0.15) is 18.2 Å². The molecule has 1 aromatic carbocycles. The molecule has 24 heavy (non-hydrogen) atoms. The second-order valence-electron chi connectivity index (χ2n) is 6.95. The van der Waals surface area contributed by atoms with Crippen molar-refractivity contribution in [2.45, 2.75) is 32.5 Å². The maximum Gasteiger partial charge on any atom is 0.410 e. The highest BCUT2D eigenvalue weighted by atomic mass is 16.6. The lowest BCUT2D eigenvalue weighted by Gasteiger charge is -2.34. The van der Waals surface area contributed by atoms with E-state index in [0.29, 0.717) is 19.7 Å². The number of carbonyl (C=O) groups excluding carboxylic acids is 2. The number of morpholine rings is 1. The Kier molecular flexibility index (Phi) is 5.83. The standard InChI is InChI=1S/C18H26N2O4/c1-18(2,3)24-17(22)19(4)13-16(21)20-10-11-23-15(12-20)14-8-6-5-7-9-14/h5-9,15H,10-13H2,1-4H3. The molecule has 0 aliphatic carbocycles. The van der Waals surface area contributed by atoms with E-state index in [2.05, 4.69) is 0 Å². The summed E-state index contributed by atoms with van der Waals surface area (Å²) in [6.45, 7) is 6.90. The van der Waals surface area contributed by atoms with Gasteiger partial charge in [0.15, 0.2) is 0 Å². The third-order valence-electron chi connectivity index (χ3n) is 3.67. The van der Waals surface area contributed by atoms with Crippen molar-refractivity contribution in [1.82, 2.24) is 9.80 Å². The van der Waals surface area contributed by atoms with Gasteiger partial charge in [-0.25, -0.2) is 4.79 Å². The predicted octanol–water partition coefficient (Wildman–Crippen LogP) is 2.45. The van der Waals surface area contributed by atoms with E-state index >= 15 is 0 Å². The number of rotatable bonds is 3. The van der Waals surface area contributed by atoms with Crippen LogP contribution in [0.15, 0.2) is 30.3 Å². The van der Waals surface area contributed by atoms with Crippen molar-refractivity contribution in [2.75, 3.05) is 33.3 Å². The molecular formula is C18H26N2O4. The molecule has 6 nitrogen and oxygen atoms in total. The minimum absolute atomic E-state index is 0.00355. The molecule has 0 radical (unpaired) electrons. The van der Waals surface area contributed by atoms with Crippen LogP contribution in [0.4, 0.5) is 4.79 Å². The van der Waals surface area contributed by atoms with Gasteiger partial charge in [-0.15, -0.1) is 0 Å². The molecular weight excluding hydrogens is 308 g/mol. The Morgan fingerprint density at radius 1 is 1.29 bits per heavy atom. The molecule has 0 saturated carbocycles. The van der Waals surface area contributed by atoms with Gasteiger partial charge in [0.05, 0.1) is 13.2 Å². The van der Waals surface area contributed by atoms with E-state index in [4.69, 9.17) is 9.47 Å². The molecule has 2 amide bonds. The first-order chi connectivity index (χ1) is 11.3. The lowest BCUT2D eigenvalue weighted by atomic mass is 10.1. The predicted molar refractivity (Wildman–Crippen MR) is 90.6 cm³/mol. The number of nitrogens with zero attached hydrogens (tertiary/aromatic N) is 2. The summed E-state index contributed by atoms with van der Waals surface area (Å²) < 4.78 is 11.0. The fraction of sp³-hybridized carbons (Fsp3) is 0.556. The molecule has 1 heterocycles. The van der Waals surface area contributed by atoms with Crippen LogP contribution in [0.25, 0.3) is 0 Å².